The molecule has 1 saturated carbocycles. The molecule has 19 heavy (non-hydrogen) atoms. The highest BCUT2D eigenvalue weighted by Gasteiger charge is 2.31. The molecule has 1 aliphatic carbocycles. The van der Waals surface area contributed by atoms with Crippen molar-refractivity contribution in [3.63, 3.8) is 0 Å². The maximum atomic E-state index is 12.1. The summed E-state index contributed by atoms with van der Waals surface area (Å²) in [6.45, 7) is 2.25. The molecule has 0 spiro atoms. The number of rotatable bonds is 4. The number of amides is 1. The van der Waals surface area contributed by atoms with E-state index in [1.54, 1.807) is 12.1 Å². The van der Waals surface area contributed by atoms with Crippen LogP contribution in [-0.4, -0.2) is 28.3 Å². The van der Waals surface area contributed by atoms with Crippen molar-refractivity contribution in [3.05, 3.63) is 29.3 Å². The second-order valence-electron chi connectivity index (χ2n) is 5.32. The molecule has 0 bridgehead atoms. The number of benzene rings is 1. The number of hydrogen-bond donors (Lipinski definition) is 3. The number of carbonyl (C=O) groups excluding carboxylic acids is 1. The molecule has 0 aromatic heterocycles. The van der Waals surface area contributed by atoms with Gasteiger partial charge in [-0.3, -0.25) is 4.79 Å². The number of hydrogen-bond acceptors (Lipinski definition) is 3. The lowest BCUT2D eigenvalue weighted by molar-refractivity contribution is 0.0449. The van der Waals surface area contributed by atoms with E-state index in [0.717, 1.165) is 37.7 Å². The summed E-state index contributed by atoms with van der Waals surface area (Å²) in [7, 11) is 0. The number of phenols is 1. The van der Waals surface area contributed by atoms with Gasteiger partial charge in [-0.05, 0) is 37.0 Å². The van der Waals surface area contributed by atoms with E-state index in [9.17, 15) is 15.0 Å². The van der Waals surface area contributed by atoms with Crippen molar-refractivity contribution in [2.24, 2.45) is 0 Å². The molecular weight excluding hydrogens is 242 g/mol. The Labute approximate surface area is 113 Å². The van der Waals surface area contributed by atoms with Crippen LogP contribution in [-0.2, 0) is 6.42 Å². The maximum absolute atomic E-state index is 12.1. The van der Waals surface area contributed by atoms with Gasteiger partial charge in [-0.1, -0.05) is 25.8 Å². The number of carbonyl (C=O) groups is 1. The maximum Gasteiger partial charge on any atom is 0.255 e. The van der Waals surface area contributed by atoms with Crippen LogP contribution >= 0.6 is 0 Å². The van der Waals surface area contributed by atoms with Gasteiger partial charge in [-0.25, -0.2) is 0 Å². The second kappa shape index (κ2) is 5.61. The van der Waals surface area contributed by atoms with Crippen molar-refractivity contribution in [1.82, 2.24) is 5.32 Å². The van der Waals surface area contributed by atoms with Crippen LogP contribution in [0.25, 0.3) is 0 Å². The van der Waals surface area contributed by atoms with E-state index in [1.807, 2.05) is 6.92 Å². The molecule has 1 aromatic carbocycles. The largest absolute Gasteiger partial charge is 0.507 e. The molecule has 1 fully saturated rings. The van der Waals surface area contributed by atoms with Gasteiger partial charge in [0, 0.05) is 6.54 Å². The summed E-state index contributed by atoms with van der Waals surface area (Å²) in [4.78, 5) is 12.1. The zero-order chi connectivity index (χ0) is 13.9. The summed E-state index contributed by atoms with van der Waals surface area (Å²) in [5, 5.41) is 22.6. The molecule has 3 N–H and O–H groups in total. The summed E-state index contributed by atoms with van der Waals surface area (Å²) < 4.78 is 0. The van der Waals surface area contributed by atoms with E-state index < -0.39 is 5.60 Å². The first kappa shape index (κ1) is 13.9. The molecule has 1 aliphatic rings. The predicted octanol–water partition coefficient (Wildman–Crippen LogP) is 1.99. The number of nitrogens with one attached hydrogen (secondary N) is 1. The molecule has 0 saturated heterocycles. The summed E-state index contributed by atoms with van der Waals surface area (Å²) in [6.07, 6.45) is 4.28. The van der Waals surface area contributed by atoms with Crippen molar-refractivity contribution in [2.75, 3.05) is 6.54 Å². The van der Waals surface area contributed by atoms with Gasteiger partial charge in [0.2, 0.25) is 0 Å². The van der Waals surface area contributed by atoms with Crippen LogP contribution in [0.15, 0.2) is 18.2 Å². The van der Waals surface area contributed by atoms with E-state index in [1.165, 1.54) is 6.07 Å². The zero-order valence-electron chi connectivity index (χ0n) is 11.3. The molecular formula is C15H21NO3. The van der Waals surface area contributed by atoms with Crippen LogP contribution in [0.3, 0.4) is 0 Å². The van der Waals surface area contributed by atoms with Crippen LogP contribution in [0.4, 0.5) is 0 Å². The molecule has 0 aliphatic heterocycles. The lowest BCUT2D eigenvalue weighted by Gasteiger charge is -2.22. The molecule has 0 heterocycles. The smallest absolute Gasteiger partial charge is 0.255 e. The minimum Gasteiger partial charge on any atom is -0.507 e. The minimum atomic E-state index is -0.770. The van der Waals surface area contributed by atoms with Crippen molar-refractivity contribution in [2.45, 2.75) is 44.6 Å². The van der Waals surface area contributed by atoms with Gasteiger partial charge in [0.15, 0.2) is 0 Å². The lowest BCUT2D eigenvalue weighted by atomic mass is 10.0. The molecule has 4 heteroatoms. The number of aliphatic hydroxyl groups is 1. The van der Waals surface area contributed by atoms with E-state index in [-0.39, 0.29) is 23.8 Å². The molecule has 0 atom stereocenters. The monoisotopic (exact) mass is 263 g/mol. The Kier molecular flexibility index (Phi) is 4.10. The van der Waals surface area contributed by atoms with Gasteiger partial charge >= 0.3 is 0 Å². The van der Waals surface area contributed by atoms with E-state index in [0.29, 0.717) is 0 Å². The fraction of sp³-hybridized carbons (Fsp3) is 0.533. The molecule has 2 rings (SSSR count). The molecule has 1 amide bonds. The highest BCUT2D eigenvalue weighted by atomic mass is 16.3. The van der Waals surface area contributed by atoms with Gasteiger partial charge in [0.25, 0.3) is 5.91 Å². The third kappa shape index (κ3) is 3.26. The van der Waals surface area contributed by atoms with E-state index in [4.69, 9.17) is 0 Å². The Hall–Kier alpha value is -1.55. The van der Waals surface area contributed by atoms with Gasteiger partial charge in [-0.15, -0.1) is 0 Å². The molecule has 0 radical (unpaired) electrons. The number of aryl methyl sites for hydroxylation is 1. The van der Waals surface area contributed by atoms with Gasteiger partial charge in [0.05, 0.1) is 11.2 Å². The van der Waals surface area contributed by atoms with Crippen LogP contribution in [0.2, 0.25) is 0 Å². The SMILES string of the molecule is CCc1ccc(O)c(C(=O)NCC2(O)CCCC2)c1. The Morgan fingerprint density at radius 2 is 2.05 bits per heavy atom. The predicted molar refractivity (Wildman–Crippen MR) is 73.2 cm³/mol. The van der Waals surface area contributed by atoms with Crippen molar-refractivity contribution in [3.8, 4) is 5.75 Å². The topological polar surface area (TPSA) is 69.6 Å². The fourth-order valence-electron chi connectivity index (χ4n) is 2.53. The van der Waals surface area contributed by atoms with Crippen LogP contribution in [0, 0.1) is 0 Å². The van der Waals surface area contributed by atoms with Crippen LogP contribution < -0.4 is 5.32 Å². The van der Waals surface area contributed by atoms with Gasteiger partial charge < -0.3 is 15.5 Å². The van der Waals surface area contributed by atoms with Crippen molar-refractivity contribution >= 4 is 5.91 Å². The summed E-state index contributed by atoms with van der Waals surface area (Å²) in [5.74, 6) is -0.346. The third-order valence-electron chi connectivity index (χ3n) is 3.83. The first-order valence-electron chi connectivity index (χ1n) is 6.86. The van der Waals surface area contributed by atoms with Crippen LogP contribution in [0.5, 0.6) is 5.75 Å². The Morgan fingerprint density at radius 1 is 1.37 bits per heavy atom. The highest BCUT2D eigenvalue weighted by molar-refractivity contribution is 5.97. The van der Waals surface area contributed by atoms with Gasteiger partial charge in [0.1, 0.15) is 5.75 Å². The average Bonchev–Trinajstić information content (AvgIpc) is 2.84. The number of phenolic OH excluding ortho intramolecular Hbond substituents is 1. The molecule has 104 valence electrons. The fourth-order valence-corrected chi connectivity index (χ4v) is 2.53. The second-order valence-corrected chi connectivity index (χ2v) is 5.32. The van der Waals surface area contributed by atoms with Crippen molar-refractivity contribution < 1.29 is 15.0 Å². The average molecular weight is 263 g/mol. The normalized spacial score (nSPS) is 17.4. The van der Waals surface area contributed by atoms with Crippen LogP contribution in [0.1, 0.15) is 48.5 Å². The first-order valence-corrected chi connectivity index (χ1v) is 6.86. The summed E-state index contributed by atoms with van der Waals surface area (Å²) >= 11 is 0. The molecule has 0 unspecified atom stereocenters. The zero-order valence-corrected chi connectivity index (χ0v) is 11.3. The molecule has 4 nitrogen and oxygen atoms in total. The Bertz CT molecular complexity index is 464. The minimum absolute atomic E-state index is 0.0203. The van der Waals surface area contributed by atoms with Gasteiger partial charge in [-0.2, -0.15) is 0 Å². The van der Waals surface area contributed by atoms with Crippen molar-refractivity contribution in [1.29, 1.82) is 0 Å². The quantitative estimate of drug-likeness (QED) is 0.778. The lowest BCUT2D eigenvalue weighted by Crippen LogP contribution is -2.40. The third-order valence-corrected chi connectivity index (χ3v) is 3.83. The summed E-state index contributed by atoms with van der Waals surface area (Å²) in [5.41, 5.74) is 0.511. The highest BCUT2D eigenvalue weighted by Crippen LogP contribution is 2.28. The first-order chi connectivity index (χ1) is 9.04. The Balaban J connectivity index is 2.03. The summed E-state index contributed by atoms with van der Waals surface area (Å²) in [6, 6.07) is 5.04. The standard InChI is InChI=1S/C15H21NO3/c1-2-11-5-6-13(17)12(9-11)14(18)16-10-15(19)7-3-4-8-15/h5-6,9,17,19H,2-4,7-8,10H2,1H3,(H,16,18). The molecule has 1 aromatic rings. The van der Waals surface area contributed by atoms with E-state index >= 15 is 0 Å². The van der Waals surface area contributed by atoms with E-state index in [2.05, 4.69) is 5.32 Å². The number of aromatic hydroxyl groups is 1. The Morgan fingerprint density at radius 3 is 2.68 bits per heavy atom.